The van der Waals surface area contributed by atoms with Gasteiger partial charge in [-0.15, -0.1) is 10.2 Å². The average Bonchev–Trinajstić information content (AvgIpc) is 3.44. The normalized spacial score (nSPS) is 13.0. The van der Waals surface area contributed by atoms with Gasteiger partial charge in [0, 0.05) is 27.2 Å². The molecule has 0 spiro atoms. The zero-order valence-electron chi connectivity index (χ0n) is 21.5. The Hall–Kier alpha value is -5.02. The summed E-state index contributed by atoms with van der Waals surface area (Å²) in [6, 6.07) is 33.1. The minimum absolute atomic E-state index is 0.0895. The van der Waals surface area contributed by atoms with Gasteiger partial charge in [-0.25, -0.2) is 0 Å². The van der Waals surface area contributed by atoms with Crippen LogP contribution >= 0.6 is 11.8 Å². The highest BCUT2D eigenvalue weighted by Gasteiger charge is 2.30. The van der Waals surface area contributed by atoms with Gasteiger partial charge in [-0.3, -0.25) is 9.78 Å². The lowest BCUT2D eigenvalue weighted by molar-refractivity contribution is -0.117. The molecule has 0 saturated carbocycles. The van der Waals surface area contributed by atoms with Crippen molar-refractivity contribution >= 4 is 40.4 Å². The van der Waals surface area contributed by atoms with Crippen molar-refractivity contribution in [2.24, 2.45) is 0 Å². The molecule has 0 saturated heterocycles. The number of para-hydroxylation sites is 2. The number of nitrogens with zero attached hydrogens (tertiary/aromatic N) is 6. The predicted molar refractivity (Wildman–Crippen MR) is 157 cm³/mol. The molecule has 40 heavy (non-hydrogen) atoms. The molecule has 9 heteroatoms. The minimum Gasteiger partial charge on any atom is -0.327 e. The highest BCUT2D eigenvalue weighted by Crippen LogP contribution is 2.48. The van der Waals surface area contributed by atoms with Crippen molar-refractivity contribution in [2.75, 3.05) is 10.2 Å². The van der Waals surface area contributed by atoms with Crippen molar-refractivity contribution in [1.82, 2.24) is 24.8 Å². The van der Waals surface area contributed by atoms with Crippen molar-refractivity contribution in [2.45, 2.75) is 22.8 Å². The van der Waals surface area contributed by atoms with Crippen LogP contribution in [0.15, 0.2) is 119 Å². The van der Waals surface area contributed by atoms with Gasteiger partial charge in [0.2, 0.25) is 11.7 Å². The molecule has 3 aromatic heterocycles. The number of rotatable bonds is 5. The third-order valence-corrected chi connectivity index (χ3v) is 7.97. The highest BCUT2D eigenvalue weighted by atomic mass is 32.2. The molecule has 194 valence electrons. The second-order valence-corrected chi connectivity index (χ2v) is 10.5. The topological polar surface area (TPSA) is 88.3 Å². The molecular formula is C31H23N7OS. The smallest absolute Gasteiger partial charge is 0.247 e. The molecule has 1 N–H and O–H groups in total. The van der Waals surface area contributed by atoms with Gasteiger partial charge >= 0.3 is 0 Å². The van der Waals surface area contributed by atoms with Crippen LogP contribution < -0.4 is 10.2 Å². The summed E-state index contributed by atoms with van der Waals surface area (Å²) < 4.78 is 1.70. The van der Waals surface area contributed by atoms with E-state index in [4.69, 9.17) is 5.10 Å². The van der Waals surface area contributed by atoms with Gasteiger partial charge in [0.15, 0.2) is 5.65 Å². The molecule has 1 amide bonds. The van der Waals surface area contributed by atoms with E-state index >= 15 is 0 Å². The molecule has 0 aliphatic carbocycles. The van der Waals surface area contributed by atoms with E-state index in [1.165, 1.54) is 0 Å². The van der Waals surface area contributed by atoms with Gasteiger partial charge in [0.25, 0.3) is 0 Å². The van der Waals surface area contributed by atoms with Crippen LogP contribution in [0.3, 0.4) is 0 Å². The second kappa shape index (κ2) is 9.94. The second-order valence-electron chi connectivity index (χ2n) is 9.38. The van der Waals surface area contributed by atoms with Crippen molar-refractivity contribution in [3.8, 4) is 22.8 Å². The largest absolute Gasteiger partial charge is 0.327 e. The van der Waals surface area contributed by atoms with E-state index in [0.29, 0.717) is 22.9 Å². The van der Waals surface area contributed by atoms with Crippen LogP contribution in [-0.4, -0.2) is 36.7 Å². The standard InChI is InChI=1S/C31H23N7OS/c1-20(37-25-9-2-4-11-27(25)40-28-12-5-3-10-26(28)37)31(39)33-22-15-13-21(14-16-22)23-17-18-29-34-35-30(38(29)36-23)24-8-6-7-19-32-24/h2-20H,1H3,(H,33,39). The Morgan fingerprint density at radius 3 is 2.17 bits per heavy atom. The molecule has 1 aliphatic heterocycles. The van der Waals surface area contributed by atoms with Gasteiger partial charge in [-0.05, 0) is 67.6 Å². The number of fused-ring (bicyclic) bond motifs is 3. The van der Waals surface area contributed by atoms with Crippen LogP contribution in [0, 0.1) is 0 Å². The quantitative estimate of drug-likeness (QED) is 0.267. The molecule has 0 bridgehead atoms. The molecule has 8 nitrogen and oxygen atoms in total. The summed E-state index contributed by atoms with van der Waals surface area (Å²) in [4.78, 5) is 22.2. The number of hydrogen-bond donors (Lipinski definition) is 1. The Labute approximate surface area is 234 Å². The summed E-state index contributed by atoms with van der Waals surface area (Å²) >= 11 is 1.73. The summed E-state index contributed by atoms with van der Waals surface area (Å²) in [5.41, 5.74) is 5.78. The van der Waals surface area contributed by atoms with E-state index in [9.17, 15) is 4.79 Å². The van der Waals surface area contributed by atoms with E-state index in [-0.39, 0.29) is 5.91 Å². The molecular weight excluding hydrogens is 518 g/mol. The number of carbonyl (C=O) groups excluding carboxylic acids is 1. The van der Waals surface area contributed by atoms with Crippen molar-refractivity contribution in [3.63, 3.8) is 0 Å². The van der Waals surface area contributed by atoms with Crippen LogP contribution in [-0.2, 0) is 4.79 Å². The maximum absolute atomic E-state index is 13.5. The Bertz CT molecular complexity index is 1810. The molecule has 1 unspecified atom stereocenters. The number of carbonyl (C=O) groups is 1. The molecule has 7 rings (SSSR count). The lowest BCUT2D eigenvalue weighted by Crippen LogP contribution is -2.40. The summed E-state index contributed by atoms with van der Waals surface area (Å²) in [5.74, 6) is 0.489. The first kappa shape index (κ1) is 24.1. The van der Waals surface area contributed by atoms with Crippen LogP contribution in [0.1, 0.15) is 6.92 Å². The third kappa shape index (κ3) is 4.26. The lowest BCUT2D eigenvalue weighted by atomic mass is 10.1. The van der Waals surface area contributed by atoms with Gasteiger partial charge in [0.1, 0.15) is 11.7 Å². The summed E-state index contributed by atoms with van der Waals surface area (Å²) in [7, 11) is 0. The predicted octanol–water partition coefficient (Wildman–Crippen LogP) is 6.48. The molecule has 1 atom stereocenters. The van der Waals surface area contributed by atoms with Crippen LogP contribution in [0.4, 0.5) is 17.1 Å². The SMILES string of the molecule is CC(C(=O)Nc1ccc(-c2ccc3nnc(-c4ccccn4)n3n2)cc1)N1c2ccccc2Sc2ccccc21. The zero-order valence-corrected chi connectivity index (χ0v) is 22.3. The fourth-order valence-corrected chi connectivity index (χ4v) is 5.91. The first-order chi connectivity index (χ1) is 19.7. The summed E-state index contributed by atoms with van der Waals surface area (Å²) in [6.07, 6.45) is 1.72. The van der Waals surface area contributed by atoms with Gasteiger partial charge in [-0.1, -0.05) is 54.2 Å². The zero-order chi connectivity index (χ0) is 27.1. The molecule has 3 aromatic carbocycles. The number of nitrogens with one attached hydrogen (secondary N) is 1. The Balaban J connectivity index is 1.13. The monoisotopic (exact) mass is 541 g/mol. The fourth-order valence-electron chi connectivity index (χ4n) is 4.84. The lowest BCUT2D eigenvalue weighted by Gasteiger charge is -2.36. The van der Waals surface area contributed by atoms with Crippen LogP contribution in [0.5, 0.6) is 0 Å². The number of aromatic nitrogens is 5. The minimum atomic E-state index is -0.425. The van der Waals surface area contributed by atoms with Crippen molar-refractivity contribution in [3.05, 3.63) is 109 Å². The first-order valence-corrected chi connectivity index (χ1v) is 13.7. The highest BCUT2D eigenvalue weighted by molar-refractivity contribution is 7.99. The Morgan fingerprint density at radius 1 is 0.775 bits per heavy atom. The van der Waals surface area contributed by atoms with Gasteiger partial charge in [0.05, 0.1) is 17.1 Å². The molecule has 4 heterocycles. The van der Waals surface area contributed by atoms with E-state index in [0.717, 1.165) is 32.4 Å². The van der Waals surface area contributed by atoms with E-state index in [1.54, 1.807) is 22.5 Å². The molecule has 6 aromatic rings. The summed E-state index contributed by atoms with van der Waals surface area (Å²) in [5, 5.41) is 16.3. The number of amides is 1. The van der Waals surface area contributed by atoms with Crippen molar-refractivity contribution < 1.29 is 4.79 Å². The fraction of sp³-hybridized carbons (Fsp3) is 0.0645. The summed E-state index contributed by atoms with van der Waals surface area (Å²) in [6.45, 7) is 1.94. The van der Waals surface area contributed by atoms with E-state index in [1.807, 2.05) is 85.8 Å². The maximum atomic E-state index is 13.5. The molecule has 0 fully saturated rings. The third-order valence-electron chi connectivity index (χ3n) is 6.84. The number of pyridine rings is 1. The van der Waals surface area contributed by atoms with Gasteiger partial charge in [-0.2, -0.15) is 9.61 Å². The maximum Gasteiger partial charge on any atom is 0.247 e. The first-order valence-electron chi connectivity index (χ1n) is 12.9. The Kier molecular flexibility index (Phi) is 5.98. The van der Waals surface area contributed by atoms with E-state index in [2.05, 4.69) is 49.7 Å². The van der Waals surface area contributed by atoms with E-state index < -0.39 is 6.04 Å². The Morgan fingerprint density at radius 2 is 1.48 bits per heavy atom. The molecule has 0 radical (unpaired) electrons. The van der Waals surface area contributed by atoms with Crippen LogP contribution in [0.25, 0.3) is 28.4 Å². The molecule has 1 aliphatic rings. The van der Waals surface area contributed by atoms with Crippen molar-refractivity contribution in [1.29, 1.82) is 0 Å². The van der Waals surface area contributed by atoms with Gasteiger partial charge < -0.3 is 10.2 Å². The number of benzene rings is 3. The number of hydrogen-bond acceptors (Lipinski definition) is 7. The van der Waals surface area contributed by atoms with Crippen LogP contribution in [0.2, 0.25) is 0 Å². The average molecular weight is 542 g/mol. The number of anilines is 3.